The van der Waals surface area contributed by atoms with Gasteiger partial charge in [-0.3, -0.25) is 9.88 Å². The van der Waals surface area contributed by atoms with Crippen LogP contribution in [0.15, 0.2) is 51.7 Å². The number of nitrogens with zero attached hydrogens (tertiary/aromatic N) is 4. The Hall–Kier alpha value is -1.84. The van der Waals surface area contributed by atoms with E-state index >= 15 is 0 Å². The highest BCUT2D eigenvalue weighted by molar-refractivity contribution is 9.11. The van der Waals surface area contributed by atoms with Crippen LogP contribution in [0.1, 0.15) is 22.6 Å². The minimum atomic E-state index is -4.51. The topological polar surface area (TPSA) is 41.9 Å². The van der Waals surface area contributed by atoms with Crippen LogP contribution in [-0.4, -0.2) is 26.4 Å². The molecule has 0 saturated carbocycles. The molecule has 1 aromatic carbocycles. The van der Waals surface area contributed by atoms with Gasteiger partial charge < -0.3 is 0 Å². The van der Waals surface area contributed by atoms with E-state index in [0.29, 0.717) is 31.7 Å². The van der Waals surface area contributed by atoms with Gasteiger partial charge >= 0.3 is 6.18 Å². The molecule has 2 aromatic heterocycles. The van der Waals surface area contributed by atoms with E-state index in [1.807, 2.05) is 36.5 Å². The van der Waals surface area contributed by atoms with Crippen molar-refractivity contribution in [1.29, 1.82) is 0 Å². The lowest BCUT2D eigenvalue weighted by atomic mass is 10.1. The molecule has 3 aromatic rings. The molecule has 150 valence electrons. The van der Waals surface area contributed by atoms with Crippen molar-refractivity contribution in [2.24, 2.45) is 0 Å². The summed E-state index contributed by atoms with van der Waals surface area (Å²) in [6.07, 6.45) is -0.908. The summed E-state index contributed by atoms with van der Waals surface area (Å²) in [6, 6.07) is 9.97. The van der Waals surface area contributed by atoms with Gasteiger partial charge in [-0.1, -0.05) is 37.9 Å². The van der Waals surface area contributed by atoms with Gasteiger partial charge in [-0.25, -0.2) is 9.97 Å². The molecule has 0 amide bonds. The van der Waals surface area contributed by atoms with E-state index in [2.05, 4.69) is 51.7 Å². The van der Waals surface area contributed by atoms with Crippen LogP contribution < -0.4 is 0 Å². The van der Waals surface area contributed by atoms with Gasteiger partial charge in [-0.15, -0.1) is 0 Å². The third kappa shape index (κ3) is 4.84. The Labute approximate surface area is 182 Å². The average molecular weight is 528 g/mol. The molecule has 4 nitrogen and oxygen atoms in total. The Morgan fingerprint density at radius 1 is 1.00 bits per heavy atom. The largest absolute Gasteiger partial charge is 0.451 e. The number of alkyl halides is 3. The summed E-state index contributed by atoms with van der Waals surface area (Å²) in [5.41, 5.74) is 4.14. The maximum atomic E-state index is 12.8. The van der Waals surface area contributed by atoms with Crippen LogP contribution in [-0.2, 0) is 25.7 Å². The third-order valence-corrected chi connectivity index (χ3v) is 5.57. The average Bonchev–Trinajstić information content (AvgIpc) is 2.66. The number of hydrogen-bond acceptors (Lipinski definition) is 4. The molecule has 1 aliphatic heterocycles. The Balaban J connectivity index is 1.45. The van der Waals surface area contributed by atoms with Crippen molar-refractivity contribution in [2.45, 2.75) is 25.7 Å². The maximum absolute atomic E-state index is 12.8. The number of benzene rings is 1. The molecule has 0 saturated heterocycles. The molecule has 0 atom stereocenters. The smallest absolute Gasteiger partial charge is 0.294 e. The first kappa shape index (κ1) is 20.4. The number of pyridine rings is 1. The normalized spacial score (nSPS) is 14.7. The Bertz CT molecular complexity index is 1020. The maximum Gasteiger partial charge on any atom is 0.451 e. The first-order chi connectivity index (χ1) is 13.8. The Morgan fingerprint density at radius 2 is 1.76 bits per heavy atom. The predicted octanol–water partition coefficient (Wildman–Crippen LogP) is 5.64. The second-order valence-corrected chi connectivity index (χ2v) is 8.67. The van der Waals surface area contributed by atoms with Crippen LogP contribution in [0.5, 0.6) is 0 Å². The van der Waals surface area contributed by atoms with E-state index < -0.39 is 12.0 Å². The fourth-order valence-corrected chi connectivity index (χ4v) is 4.59. The number of fused-ring (bicyclic) bond motifs is 1. The standard InChI is InChI=1S/C20H15Br2F3N4/c21-15-5-13(6-16(22)7-15)17-2-1-12(8-26-17)10-29-4-3-18-14(11-29)9-27-19(28-18)20(23,24)25/h1-2,5-9H,3-4,10-11H2. The molecule has 29 heavy (non-hydrogen) atoms. The molecule has 0 unspecified atom stereocenters. The third-order valence-electron chi connectivity index (χ3n) is 4.66. The van der Waals surface area contributed by atoms with Crippen molar-refractivity contribution >= 4 is 31.9 Å². The van der Waals surface area contributed by atoms with Crippen LogP contribution in [0.25, 0.3) is 11.3 Å². The molecule has 0 aliphatic carbocycles. The summed E-state index contributed by atoms with van der Waals surface area (Å²) in [5, 5.41) is 0. The van der Waals surface area contributed by atoms with Crippen LogP contribution in [0.2, 0.25) is 0 Å². The molecule has 0 radical (unpaired) electrons. The van der Waals surface area contributed by atoms with Crippen LogP contribution >= 0.6 is 31.9 Å². The Kier molecular flexibility index (Phi) is 5.72. The highest BCUT2D eigenvalue weighted by Gasteiger charge is 2.35. The van der Waals surface area contributed by atoms with Gasteiger partial charge in [0.05, 0.1) is 11.4 Å². The second kappa shape index (κ2) is 8.12. The predicted molar refractivity (Wildman–Crippen MR) is 110 cm³/mol. The first-order valence-corrected chi connectivity index (χ1v) is 10.4. The van der Waals surface area contributed by atoms with Crippen LogP contribution in [0.4, 0.5) is 13.2 Å². The molecular formula is C20H15Br2F3N4. The van der Waals surface area contributed by atoms with Crippen molar-refractivity contribution in [3.63, 3.8) is 0 Å². The van der Waals surface area contributed by atoms with Gasteiger partial charge in [0.1, 0.15) is 0 Å². The first-order valence-electron chi connectivity index (χ1n) is 8.84. The molecule has 0 fully saturated rings. The molecule has 0 N–H and O–H groups in total. The lowest BCUT2D eigenvalue weighted by Gasteiger charge is -2.28. The van der Waals surface area contributed by atoms with Crippen LogP contribution in [0.3, 0.4) is 0 Å². The summed E-state index contributed by atoms with van der Waals surface area (Å²) in [7, 11) is 0. The van der Waals surface area contributed by atoms with E-state index in [1.54, 1.807) is 0 Å². The quantitative estimate of drug-likeness (QED) is 0.442. The fraction of sp³-hybridized carbons (Fsp3) is 0.250. The van der Waals surface area contributed by atoms with Crippen molar-refractivity contribution in [3.05, 3.63) is 74.3 Å². The molecule has 0 bridgehead atoms. The summed E-state index contributed by atoms with van der Waals surface area (Å²) in [5.74, 6) is -1.07. The van der Waals surface area contributed by atoms with Crippen LogP contribution in [0, 0.1) is 0 Å². The lowest BCUT2D eigenvalue weighted by molar-refractivity contribution is -0.145. The van der Waals surface area contributed by atoms with Gasteiger partial charge in [0, 0.05) is 58.5 Å². The van der Waals surface area contributed by atoms with Gasteiger partial charge in [0.2, 0.25) is 5.82 Å². The van der Waals surface area contributed by atoms with Crippen molar-refractivity contribution in [3.8, 4) is 11.3 Å². The summed E-state index contributed by atoms with van der Waals surface area (Å²) >= 11 is 6.96. The minimum absolute atomic E-state index is 0.471. The second-order valence-electron chi connectivity index (χ2n) is 6.83. The van der Waals surface area contributed by atoms with E-state index in [4.69, 9.17) is 0 Å². The lowest BCUT2D eigenvalue weighted by Crippen LogP contribution is -2.31. The SMILES string of the molecule is FC(F)(F)c1ncc2c(n1)CCN(Cc1ccc(-c3cc(Br)cc(Br)c3)nc1)C2. The van der Waals surface area contributed by atoms with Gasteiger partial charge in [-0.05, 0) is 29.8 Å². The number of rotatable bonds is 3. The summed E-state index contributed by atoms with van der Waals surface area (Å²) in [6.45, 7) is 1.82. The molecule has 0 spiro atoms. The summed E-state index contributed by atoms with van der Waals surface area (Å²) < 4.78 is 40.3. The highest BCUT2D eigenvalue weighted by Crippen LogP contribution is 2.29. The number of aromatic nitrogens is 3. The zero-order valence-electron chi connectivity index (χ0n) is 15.0. The van der Waals surface area contributed by atoms with Gasteiger partial charge in [-0.2, -0.15) is 13.2 Å². The minimum Gasteiger partial charge on any atom is -0.294 e. The van der Waals surface area contributed by atoms with Crippen molar-refractivity contribution in [1.82, 2.24) is 19.9 Å². The van der Waals surface area contributed by atoms with E-state index in [1.165, 1.54) is 6.20 Å². The monoisotopic (exact) mass is 526 g/mol. The molecular weight excluding hydrogens is 513 g/mol. The fourth-order valence-electron chi connectivity index (χ4n) is 3.29. The van der Waals surface area contributed by atoms with Crippen molar-refractivity contribution in [2.75, 3.05) is 6.54 Å². The molecule has 3 heterocycles. The van der Waals surface area contributed by atoms with Crippen molar-refractivity contribution < 1.29 is 13.2 Å². The van der Waals surface area contributed by atoms with E-state index in [-0.39, 0.29) is 0 Å². The molecule has 1 aliphatic rings. The van der Waals surface area contributed by atoms with E-state index in [9.17, 15) is 13.2 Å². The highest BCUT2D eigenvalue weighted by atomic mass is 79.9. The van der Waals surface area contributed by atoms with Gasteiger partial charge in [0.15, 0.2) is 0 Å². The molecule has 4 rings (SSSR count). The number of halogens is 5. The van der Waals surface area contributed by atoms with Gasteiger partial charge in [0.25, 0.3) is 0 Å². The summed E-state index contributed by atoms with van der Waals surface area (Å²) in [4.78, 5) is 13.9. The molecule has 9 heteroatoms. The zero-order chi connectivity index (χ0) is 20.6. The van der Waals surface area contributed by atoms with E-state index in [0.717, 1.165) is 31.3 Å². The zero-order valence-corrected chi connectivity index (χ0v) is 18.2. The Morgan fingerprint density at radius 3 is 2.41 bits per heavy atom. The number of hydrogen-bond donors (Lipinski definition) is 0.